The van der Waals surface area contributed by atoms with Crippen LogP contribution in [0.1, 0.15) is 31.0 Å². The number of carbonyl (C=O) groups is 1. The molecule has 0 radical (unpaired) electrons. The van der Waals surface area contributed by atoms with E-state index in [-0.39, 0.29) is 18.1 Å². The van der Waals surface area contributed by atoms with Gasteiger partial charge in [0.05, 0.1) is 6.04 Å². The van der Waals surface area contributed by atoms with Crippen LogP contribution in [-0.2, 0) is 6.54 Å². The Kier molecular flexibility index (Phi) is 5.66. The molecular formula is C20H26N4O. The highest BCUT2D eigenvalue weighted by Crippen LogP contribution is 2.19. The molecule has 1 aliphatic rings. The second-order valence-electron chi connectivity index (χ2n) is 6.88. The number of carbonyl (C=O) groups excluding carboxylic acids is 1. The van der Waals surface area contributed by atoms with Gasteiger partial charge in [-0.1, -0.05) is 37.3 Å². The van der Waals surface area contributed by atoms with Crippen LogP contribution in [-0.4, -0.2) is 35.0 Å². The van der Waals surface area contributed by atoms with E-state index in [0.717, 1.165) is 25.2 Å². The van der Waals surface area contributed by atoms with Crippen molar-refractivity contribution in [1.82, 2.24) is 20.5 Å². The molecule has 5 heteroatoms. The summed E-state index contributed by atoms with van der Waals surface area (Å²) in [5.41, 5.74) is 2.36. The van der Waals surface area contributed by atoms with E-state index in [9.17, 15) is 4.79 Å². The number of amides is 2. The first-order valence-electron chi connectivity index (χ1n) is 8.85. The minimum absolute atomic E-state index is 0.0415. The minimum Gasteiger partial charge on any atom is -0.334 e. The average Bonchev–Trinajstić information content (AvgIpc) is 2.95. The summed E-state index contributed by atoms with van der Waals surface area (Å²) < 4.78 is 0. The van der Waals surface area contributed by atoms with Crippen molar-refractivity contribution >= 4 is 6.03 Å². The Balaban J connectivity index is 1.50. The molecule has 2 aromatic rings. The highest BCUT2D eigenvalue weighted by Gasteiger charge is 2.30. The molecule has 2 N–H and O–H groups in total. The molecule has 0 spiro atoms. The largest absolute Gasteiger partial charge is 0.334 e. The van der Waals surface area contributed by atoms with Crippen molar-refractivity contribution in [3.05, 3.63) is 66.0 Å². The molecule has 0 aliphatic carbocycles. The highest BCUT2D eigenvalue weighted by atomic mass is 16.2. The Morgan fingerprint density at radius 3 is 2.64 bits per heavy atom. The number of aromatic nitrogens is 1. The van der Waals surface area contributed by atoms with Gasteiger partial charge in [0.1, 0.15) is 0 Å². The standard InChI is InChI=1S/C20H26N4O/c1-15-12-24(13-17-6-4-3-5-7-17)14-19(15)23-20(25)22-16(2)18-8-10-21-11-9-18/h3-11,15-16,19H,12-14H2,1-2H3,(H2,22,23,25)/t15-,16-,19-/m0/s1. The molecule has 2 amide bonds. The third-order valence-electron chi connectivity index (χ3n) is 4.81. The van der Waals surface area contributed by atoms with E-state index in [1.807, 2.05) is 25.1 Å². The normalized spacial score (nSPS) is 21.7. The molecule has 2 heterocycles. The lowest BCUT2D eigenvalue weighted by Gasteiger charge is -2.20. The van der Waals surface area contributed by atoms with Crippen molar-refractivity contribution in [2.75, 3.05) is 13.1 Å². The Labute approximate surface area is 149 Å². The van der Waals surface area contributed by atoms with Gasteiger partial charge in [0, 0.05) is 38.1 Å². The molecule has 0 bridgehead atoms. The summed E-state index contributed by atoms with van der Waals surface area (Å²) in [5.74, 6) is 0.436. The second kappa shape index (κ2) is 8.12. The summed E-state index contributed by atoms with van der Waals surface area (Å²) in [6.45, 7) is 6.99. The van der Waals surface area contributed by atoms with E-state index in [2.05, 4.69) is 51.7 Å². The topological polar surface area (TPSA) is 57.3 Å². The van der Waals surface area contributed by atoms with Crippen LogP contribution in [0.5, 0.6) is 0 Å². The second-order valence-corrected chi connectivity index (χ2v) is 6.88. The fourth-order valence-electron chi connectivity index (χ4n) is 3.37. The number of benzene rings is 1. The van der Waals surface area contributed by atoms with E-state index in [4.69, 9.17) is 0 Å². The molecule has 132 valence electrons. The van der Waals surface area contributed by atoms with E-state index in [1.165, 1.54) is 5.56 Å². The molecule has 0 saturated carbocycles. The Hall–Kier alpha value is -2.40. The van der Waals surface area contributed by atoms with Gasteiger partial charge in [-0.05, 0) is 36.1 Å². The zero-order valence-corrected chi connectivity index (χ0v) is 14.9. The summed E-state index contributed by atoms with van der Waals surface area (Å²) in [6.07, 6.45) is 3.48. The molecule has 3 rings (SSSR count). The van der Waals surface area contributed by atoms with Gasteiger partial charge in [-0.2, -0.15) is 0 Å². The van der Waals surface area contributed by atoms with E-state index in [0.29, 0.717) is 5.92 Å². The third-order valence-corrected chi connectivity index (χ3v) is 4.81. The van der Waals surface area contributed by atoms with Gasteiger partial charge < -0.3 is 10.6 Å². The fraction of sp³-hybridized carbons (Fsp3) is 0.400. The maximum absolute atomic E-state index is 12.3. The number of hydrogen-bond acceptors (Lipinski definition) is 3. The first-order chi connectivity index (χ1) is 12.1. The number of nitrogens with one attached hydrogen (secondary N) is 2. The van der Waals surface area contributed by atoms with Crippen LogP contribution in [0.15, 0.2) is 54.9 Å². The van der Waals surface area contributed by atoms with Crippen LogP contribution < -0.4 is 10.6 Å². The first-order valence-corrected chi connectivity index (χ1v) is 8.85. The summed E-state index contributed by atoms with van der Waals surface area (Å²) in [6, 6.07) is 14.3. The molecule has 1 aliphatic heterocycles. The van der Waals surface area contributed by atoms with Gasteiger partial charge in [0.15, 0.2) is 0 Å². The van der Waals surface area contributed by atoms with Crippen molar-refractivity contribution in [1.29, 1.82) is 0 Å². The van der Waals surface area contributed by atoms with Crippen LogP contribution >= 0.6 is 0 Å². The third kappa shape index (κ3) is 4.79. The maximum Gasteiger partial charge on any atom is 0.315 e. The number of pyridine rings is 1. The zero-order valence-electron chi connectivity index (χ0n) is 14.9. The van der Waals surface area contributed by atoms with Gasteiger partial charge >= 0.3 is 6.03 Å². The van der Waals surface area contributed by atoms with Gasteiger partial charge in [-0.25, -0.2) is 4.79 Å². The molecule has 1 aromatic carbocycles. The minimum atomic E-state index is -0.109. The highest BCUT2D eigenvalue weighted by molar-refractivity contribution is 5.74. The van der Waals surface area contributed by atoms with Crippen LogP contribution in [0.25, 0.3) is 0 Å². The number of nitrogens with zero attached hydrogens (tertiary/aromatic N) is 2. The first kappa shape index (κ1) is 17.4. The molecule has 3 atom stereocenters. The summed E-state index contributed by atoms with van der Waals surface area (Å²) >= 11 is 0. The predicted molar refractivity (Wildman–Crippen MR) is 99.0 cm³/mol. The Morgan fingerprint density at radius 1 is 1.20 bits per heavy atom. The number of urea groups is 1. The van der Waals surface area contributed by atoms with Crippen LogP contribution in [0.2, 0.25) is 0 Å². The van der Waals surface area contributed by atoms with E-state index >= 15 is 0 Å². The molecule has 25 heavy (non-hydrogen) atoms. The van der Waals surface area contributed by atoms with E-state index < -0.39 is 0 Å². The number of hydrogen-bond donors (Lipinski definition) is 2. The molecule has 1 saturated heterocycles. The Morgan fingerprint density at radius 2 is 1.92 bits per heavy atom. The van der Waals surface area contributed by atoms with Gasteiger partial charge in [-0.3, -0.25) is 9.88 Å². The van der Waals surface area contributed by atoms with E-state index in [1.54, 1.807) is 12.4 Å². The van der Waals surface area contributed by atoms with Gasteiger partial charge in [0.2, 0.25) is 0 Å². The van der Waals surface area contributed by atoms with Crippen LogP contribution in [0.4, 0.5) is 4.79 Å². The molecule has 1 aromatic heterocycles. The smallest absolute Gasteiger partial charge is 0.315 e. The van der Waals surface area contributed by atoms with Crippen molar-refractivity contribution < 1.29 is 4.79 Å². The number of rotatable bonds is 5. The average molecular weight is 338 g/mol. The molecular weight excluding hydrogens is 312 g/mol. The monoisotopic (exact) mass is 338 g/mol. The maximum atomic E-state index is 12.3. The quantitative estimate of drug-likeness (QED) is 0.881. The van der Waals surface area contributed by atoms with Gasteiger partial charge in [0.25, 0.3) is 0 Å². The lowest BCUT2D eigenvalue weighted by molar-refractivity contribution is 0.231. The summed E-state index contributed by atoms with van der Waals surface area (Å²) in [7, 11) is 0. The van der Waals surface area contributed by atoms with Crippen LogP contribution in [0, 0.1) is 5.92 Å². The SMILES string of the molecule is C[C@H](NC(=O)N[C@H]1CN(Cc2ccccc2)C[C@@H]1C)c1ccncc1. The lowest BCUT2D eigenvalue weighted by atomic mass is 10.1. The van der Waals surface area contributed by atoms with Crippen molar-refractivity contribution in [2.45, 2.75) is 32.5 Å². The van der Waals surface area contributed by atoms with Gasteiger partial charge in [-0.15, -0.1) is 0 Å². The summed E-state index contributed by atoms with van der Waals surface area (Å²) in [4.78, 5) is 18.7. The fourth-order valence-corrected chi connectivity index (χ4v) is 3.37. The Bertz CT molecular complexity index is 677. The molecule has 5 nitrogen and oxygen atoms in total. The number of likely N-dealkylation sites (tertiary alicyclic amines) is 1. The van der Waals surface area contributed by atoms with Crippen LogP contribution in [0.3, 0.4) is 0 Å². The molecule has 0 unspecified atom stereocenters. The summed E-state index contributed by atoms with van der Waals surface area (Å²) in [5, 5.41) is 6.15. The molecule has 1 fully saturated rings. The van der Waals surface area contributed by atoms with Crippen molar-refractivity contribution in [3.8, 4) is 0 Å². The lowest BCUT2D eigenvalue weighted by Crippen LogP contribution is -2.46. The zero-order chi connectivity index (χ0) is 17.6. The van der Waals surface area contributed by atoms with Crippen molar-refractivity contribution in [2.24, 2.45) is 5.92 Å². The predicted octanol–water partition coefficient (Wildman–Crippen LogP) is 2.96. The van der Waals surface area contributed by atoms with Crippen molar-refractivity contribution in [3.63, 3.8) is 0 Å².